The molecule has 0 unspecified atom stereocenters. The van der Waals surface area contributed by atoms with E-state index in [-0.39, 0.29) is 5.54 Å². The molecule has 1 fully saturated rings. The largest absolute Gasteiger partial charge is 0.329 e. The van der Waals surface area contributed by atoms with Crippen molar-refractivity contribution in [2.24, 2.45) is 5.73 Å². The lowest BCUT2D eigenvalue weighted by Crippen LogP contribution is -2.42. The van der Waals surface area contributed by atoms with Gasteiger partial charge < -0.3 is 5.73 Å². The molecule has 2 heterocycles. The fourth-order valence-corrected chi connectivity index (χ4v) is 5.26. The van der Waals surface area contributed by atoms with Crippen LogP contribution in [-0.2, 0) is 16.6 Å². The summed E-state index contributed by atoms with van der Waals surface area (Å²) in [5, 5.41) is 4.32. The van der Waals surface area contributed by atoms with Crippen LogP contribution < -0.4 is 5.73 Å². The molecule has 0 saturated carbocycles. The van der Waals surface area contributed by atoms with E-state index in [4.69, 9.17) is 5.73 Å². The zero-order chi connectivity index (χ0) is 15.1. The van der Waals surface area contributed by atoms with Crippen LogP contribution in [0, 0.1) is 13.8 Å². The highest BCUT2D eigenvalue weighted by Crippen LogP contribution is 2.35. The van der Waals surface area contributed by atoms with E-state index in [9.17, 15) is 8.42 Å². The van der Waals surface area contributed by atoms with Crippen LogP contribution >= 0.6 is 0 Å². The minimum absolute atomic E-state index is 0.326. The van der Waals surface area contributed by atoms with E-state index < -0.39 is 10.0 Å². The zero-order valence-corrected chi connectivity index (χ0v) is 13.5. The van der Waals surface area contributed by atoms with Gasteiger partial charge in [0.15, 0.2) is 0 Å². The topological polar surface area (TPSA) is 81.2 Å². The van der Waals surface area contributed by atoms with Crippen molar-refractivity contribution in [1.29, 1.82) is 0 Å². The molecule has 1 saturated heterocycles. The third kappa shape index (κ3) is 2.38. The lowest BCUT2D eigenvalue weighted by molar-refractivity contribution is 0.291. The predicted molar refractivity (Wildman–Crippen MR) is 78.0 cm³/mol. The maximum atomic E-state index is 13.0. The number of sulfonamides is 1. The van der Waals surface area contributed by atoms with Crippen molar-refractivity contribution >= 4 is 10.0 Å². The molecule has 2 N–H and O–H groups in total. The summed E-state index contributed by atoms with van der Waals surface area (Å²) in [5.41, 5.74) is 6.45. The summed E-state index contributed by atoms with van der Waals surface area (Å²) in [6, 6.07) is 0. The molecule has 20 heavy (non-hydrogen) atoms. The van der Waals surface area contributed by atoms with Gasteiger partial charge in [-0.2, -0.15) is 9.40 Å². The average molecular weight is 300 g/mol. The number of hydrogen-bond acceptors (Lipinski definition) is 4. The molecule has 1 aromatic heterocycles. The average Bonchev–Trinajstić information content (AvgIpc) is 2.80. The molecule has 114 valence electrons. The molecule has 0 aliphatic carbocycles. The second kappa shape index (κ2) is 5.13. The van der Waals surface area contributed by atoms with E-state index in [1.807, 2.05) is 13.8 Å². The van der Waals surface area contributed by atoms with Crippen LogP contribution in [0.15, 0.2) is 4.90 Å². The first-order valence-electron chi connectivity index (χ1n) is 6.99. The molecule has 1 aliphatic heterocycles. The van der Waals surface area contributed by atoms with Gasteiger partial charge in [-0.1, -0.05) is 0 Å². The molecular formula is C13H24N4O2S. The lowest BCUT2D eigenvalue weighted by Gasteiger charge is -2.30. The normalized spacial score (nSPS) is 19.6. The molecule has 0 spiro atoms. The van der Waals surface area contributed by atoms with Crippen molar-refractivity contribution in [2.45, 2.75) is 57.5 Å². The minimum atomic E-state index is -3.50. The van der Waals surface area contributed by atoms with Crippen LogP contribution in [0.1, 0.15) is 38.1 Å². The van der Waals surface area contributed by atoms with Crippen LogP contribution in [0.2, 0.25) is 0 Å². The number of aromatic nitrogens is 2. The monoisotopic (exact) mass is 300 g/mol. The lowest BCUT2D eigenvalue weighted by atomic mass is 10.0. The quantitative estimate of drug-likeness (QED) is 0.900. The summed E-state index contributed by atoms with van der Waals surface area (Å²) in [6.45, 7) is 9.05. The van der Waals surface area contributed by atoms with Crippen molar-refractivity contribution in [3.63, 3.8) is 0 Å². The molecule has 2 rings (SSSR count). The fourth-order valence-electron chi connectivity index (χ4n) is 3.03. The summed E-state index contributed by atoms with van der Waals surface area (Å²) < 4.78 is 29.2. The summed E-state index contributed by atoms with van der Waals surface area (Å²) >= 11 is 0. The van der Waals surface area contributed by atoms with Gasteiger partial charge in [-0.05, 0) is 40.5 Å². The Morgan fingerprint density at radius 2 is 2.00 bits per heavy atom. The van der Waals surface area contributed by atoms with Gasteiger partial charge in [-0.25, -0.2) is 8.42 Å². The van der Waals surface area contributed by atoms with E-state index in [0.717, 1.165) is 12.8 Å². The number of rotatable bonds is 4. The highest BCUT2D eigenvalue weighted by atomic mass is 32.2. The van der Waals surface area contributed by atoms with Gasteiger partial charge in [-0.3, -0.25) is 4.68 Å². The number of nitrogens with zero attached hydrogens (tertiary/aromatic N) is 3. The van der Waals surface area contributed by atoms with E-state index in [1.165, 1.54) is 0 Å². The molecule has 0 atom stereocenters. The van der Waals surface area contributed by atoms with Crippen LogP contribution in [0.25, 0.3) is 0 Å². The molecule has 7 heteroatoms. The Balaban J connectivity index is 2.50. The maximum absolute atomic E-state index is 13.0. The highest BCUT2D eigenvalue weighted by Gasteiger charge is 2.42. The molecule has 6 nitrogen and oxygen atoms in total. The Morgan fingerprint density at radius 1 is 1.35 bits per heavy atom. The molecule has 1 aromatic rings. The molecule has 0 radical (unpaired) electrons. The summed E-state index contributed by atoms with van der Waals surface area (Å²) in [4.78, 5) is 0.348. The highest BCUT2D eigenvalue weighted by molar-refractivity contribution is 7.89. The fraction of sp³-hybridized carbons (Fsp3) is 0.769. The van der Waals surface area contributed by atoms with Gasteiger partial charge in [0.05, 0.1) is 17.9 Å². The smallest absolute Gasteiger partial charge is 0.247 e. The Hall–Kier alpha value is -0.920. The molecule has 1 aliphatic rings. The van der Waals surface area contributed by atoms with Gasteiger partial charge in [0, 0.05) is 18.6 Å². The van der Waals surface area contributed by atoms with Gasteiger partial charge >= 0.3 is 0 Å². The molecule has 0 aromatic carbocycles. The van der Waals surface area contributed by atoms with Gasteiger partial charge in [-0.15, -0.1) is 0 Å². The van der Waals surface area contributed by atoms with Crippen molar-refractivity contribution in [1.82, 2.24) is 14.1 Å². The van der Waals surface area contributed by atoms with Crippen LogP contribution in [-0.4, -0.2) is 41.1 Å². The Morgan fingerprint density at radius 3 is 2.50 bits per heavy atom. The Kier molecular flexibility index (Phi) is 3.96. The van der Waals surface area contributed by atoms with Crippen LogP contribution in [0.5, 0.6) is 0 Å². The summed E-state index contributed by atoms with van der Waals surface area (Å²) in [6.07, 6.45) is 1.79. The number of aryl methyl sites for hydroxylation is 1. The van der Waals surface area contributed by atoms with Crippen molar-refractivity contribution in [3.8, 4) is 0 Å². The predicted octanol–water partition coefficient (Wildman–Crippen LogP) is 1.02. The van der Waals surface area contributed by atoms with E-state index in [0.29, 0.717) is 35.9 Å². The first-order chi connectivity index (χ1) is 9.21. The standard InChI is InChI=1S/C13H24N4O2S/c1-10-12(11(2)16(15-10)9-7-14)20(18,19)17-8-5-6-13(17,3)4/h5-9,14H2,1-4H3. The Bertz CT molecular complexity index is 604. The summed E-state index contributed by atoms with van der Waals surface area (Å²) in [5.74, 6) is 0. The van der Waals surface area contributed by atoms with Crippen molar-refractivity contribution < 1.29 is 8.42 Å². The minimum Gasteiger partial charge on any atom is -0.329 e. The second-order valence-electron chi connectivity index (χ2n) is 6.00. The van der Waals surface area contributed by atoms with E-state index >= 15 is 0 Å². The summed E-state index contributed by atoms with van der Waals surface area (Å²) in [7, 11) is -3.50. The van der Waals surface area contributed by atoms with Gasteiger partial charge in [0.1, 0.15) is 4.90 Å². The first kappa shape index (κ1) is 15.5. The third-order valence-corrected chi connectivity index (χ3v) is 6.39. The molecule has 0 amide bonds. The third-order valence-electron chi connectivity index (χ3n) is 4.03. The second-order valence-corrected chi connectivity index (χ2v) is 7.80. The Labute approximate surface area is 121 Å². The van der Waals surface area contributed by atoms with Crippen molar-refractivity contribution in [3.05, 3.63) is 11.4 Å². The van der Waals surface area contributed by atoms with E-state index in [2.05, 4.69) is 5.10 Å². The van der Waals surface area contributed by atoms with Crippen LogP contribution in [0.3, 0.4) is 0 Å². The molecular weight excluding hydrogens is 276 g/mol. The van der Waals surface area contributed by atoms with Crippen LogP contribution in [0.4, 0.5) is 0 Å². The SMILES string of the molecule is Cc1nn(CCN)c(C)c1S(=O)(=O)N1CCCC1(C)C. The zero-order valence-electron chi connectivity index (χ0n) is 12.7. The van der Waals surface area contributed by atoms with Crippen molar-refractivity contribution in [2.75, 3.05) is 13.1 Å². The van der Waals surface area contributed by atoms with Gasteiger partial charge in [0.2, 0.25) is 10.0 Å². The first-order valence-corrected chi connectivity index (χ1v) is 8.43. The van der Waals surface area contributed by atoms with Gasteiger partial charge in [0.25, 0.3) is 0 Å². The number of nitrogens with two attached hydrogens (primary N) is 1. The maximum Gasteiger partial charge on any atom is 0.247 e. The number of hydrogen-bond donors (Lipinski definition) is 1. The molecule has 0 bridgehead atoms. The van der Waals surface area contributed by atoms with E-state index in [1.54, 1.807) is 22.8 Å².